The van der Waals surface area contributed by atoms with E-state index < -0.39 is 15.8 Å². The summed E-state index contributed by atoms with van der Waals surface area (Å²) in [7, 11) is -1.96. The lowest BCUT2D eigenvalue weighted by atomic mass is 10.2. The van der Waals surface area contributed by atoms with Crippen molar-refractivity contribution < 1.29 is 12.8 Å². The van der Waals surface area contributed by atoms with E-state index in [9.17, 15) is 13.2 Å². The van der Waals surface area contributed by atoms with E-state index >= 15 is 0 Å². The quantitative estimate of drug-likeness (QED) is 0.792. The Labute approximate surface area is 127 Å². The fraction of sp³-hybridized carbons (Fsp3) is 0.133. The Morgan fingerprint density at radius 3 is 2.59 bits per heavy atom. The van der Waals surface area contributed by atoms with E-state index in [1.54, 1.807) is 43.4 Å². The Balaban J connectivity index is 1.85. The summed E-state index contributed by atoms with van der Waals surface area (Å²) in [6, 6.07) is 13.3. The Morgan fingerprint density at radius 2 is 1.86 bits per heavy atom. The molecule has 0 saturated heterocycles. The van der Waals surface area contributed by atoms with Gasteiger partial charge < -0.3 is 4.42 Å². The van der Waals surface area contributed by atoms with Crippen molar-refractivity contribution in [3.8, 4) is 0 Å². The van der Waals surface area contributed by atoms with E-state index in [4.69, 9.17) is 4.42 Å². The molecule has 1 heterocycles. The van der Waals surface area contributed by atoms with Gasteiger partial charge in [0, 0.05) is 13.6 Å². The van der Waals surface area contributed by atoms with Gasteiger partial charge in [-0.3, -0.25) is 4.57 Å². The summed E-state index contributed by atoms with van der Waals surface area (Å²) in [5, 5.41) is 0. The first kappa shape index (κ1) is 14.6. The van der Waals surface area contributed by atoms with Crippen LogP contribution in [-0.2, 0) is 23.6 Å². The predicted molar refractivity (Wildman–Crippen MR) is 81.9 cm³/mol. The molecule has 0 bridgehead atoms. The van der Waals surface area contributed by atoms with Gasteiger partial charge in [0.15, 0.2) is 5.58 Å². The Bertz CT molecular complexity index is 972. The second-order valence-corrected chi connectivity index (χ2v) is 6.63. The third-order valence-electron chi connectivity index (χ3n) is 3.38. The number of hydrogen-bond acceptors (Lipinski definition) is 4. The fourth-order valence-corrected chi connectivity index (χ4v) is 3.18. The van der Waals surface area contributed by atoms with E-state index in [0.717, 1.165) is 5.56 Å². The highest BCUT2D eigenvalue weighted by Crippen LogP contribution is 2.15. The molecule has 0 aliphatic heterocycles. The zero-order chi connectivity index (χ0) is 15.7. The minimum Gasteiger partial charge on any atom is -0.408 e. The largest absolute Gasteiger partial charge is 0.419 e. The lowest BCUT2D eigenvalue weighted by Gasteiger charge is -2.07. The van der Waals surface area contributed by atoms with Gasteiger partial charge in [-0.05, 0) is 29.8 Å². The van der Waals surface area contributed by atoms with Gasteiger partial charge in [-0.25, -0.2) is 17.9 Å². The number of nitrogens with one attached hydrogen (secondary N) is 1. The number of oxazole rings is 1. The van der Waals surface area contributed by atoms with E-state index in [-0.39, 0.29) is 11.4 Å². The monoisotopic (exact) mass is 318 g/mol. The standard InChI is InChI=1S/C15H14N2O4S/c1-17-13-9-11(7-8-14(13)21-15(17)18)10-16-22(19,20)12-5-3-2-4-6-12/h2-9,16H,10H2,1H3. The van der Waals surface area contributed by atoms with Gasteiger partial charge in [-0.2, -0.15) is 0 Å². The van der Waals surface area contributed by atoms with Crippen LogP contribution in [0.2, 0.25) is 0 Å². The summed E-state index contributed by atoms with van der Waals surface area (Å²) in [5.74, 6) is -0.447. The molecular formula is C15H14N2O4S. The zero-order valence-corrected chi connectivity index (χ0v) is 12.6. The topological polar surface area (TPSA) is 81.3 Å². The number of benzene rings is 2. The molecule has 1 N–H and O–H groups in total. The summed E-state index contributed by atoms with van der Waals surface area (Å²) in [4.78, 5) is 11.7. The number of sulfonamides is 1. The molecule has 0 aliphatic carbocycles. The van der Waals surface area contributed by atoms with Crippen LogP contribution in [0.25, 0.3) is 11.1 Å². The summed E-state index contributed by atoms with van der Waals surface area (Å²) < 4.78 is 33.3. The third kappa shape index (κ3) is 2.68. The van der Waals surface area contributed by atoms with Gasteiger partial charge in [-0.15, -0.1) is 0 Å². The summed E-state index contributed by atoms with van der Waals surface area (Å²) in [5.41, 5.74) is 1.84. The van der Waals surface area contributed by atoms with Gasteiger partial charge in [0.25, 0.3) is 0 Å². The fourth-order valence-electron chi connectivity index (χ4n) is 2.14. The van der Waals surface area contributed by atoms with E-state index in [1.807, 2.05) is 0 Å². The average Bonchev–Trinajstić information content (AvgIpc) is 2.81. The molecule has 0 atom stereocenters. The molecule has 7 heteroatoms. The third-order valence-corrected chi connectivity index (χ3v) is 4.79. The van der Waals surface area contributed by atoms with Crippen LogP contribution in [0.1, 0.15) is 5.56 Å². The summed E-state index contributed by atoms with van der Waals surface area (Å²) >= 11 is 0. The first-order valence-corrected chi connectivity index (χ1v) is 8.09. The predicted octanol–water partition coefficient (Wildman–Crippen LogP) is 1.61. The molecule has 22 heavy (non-hydrogen) atoms. The summed E-state index contributed by atoms with van der Waals surface area (Å²) in [6.07, 6.45) is 0. The molecule has 0 unspecified atom stereocenters. The molecule has 114 valence electrons. The molecule has 0 amide bonds. The van der Waals surface area contributed by atoms with Crippen molar-refractivity contribution in [3.05, 3.63) is 64.6 Å². The molecule has 0 saturated carbocycles. The van der Waals surface area contributed by atoms with Gasteiger partial charge in [0.05, 0.1) is 10.4 Å². The van der Waals surface area contributed by atoms with Crippen molar-refractivity contribution in [1.82, 2.24) is 9.29 Å². The van der Waals surface area contributed by atoms with Crippen LogP contribution in [0, 0.1) is 0 Å². The molecule has 0 fully saturated rings. The minimum atomic E-state index is -3.56. The lowest BCUT2D eigenvalue weighted by molar-refractivity contribution is 0.528. The smallest absolute Gasteiger partial charge is 0.408 e. The highest BCUT2D eigenvalue weighted by Gasteiger charge is 2.13. The van der Waals surface area contributed by atoms with Crippen LogP contribution in [0.3, 0.4) is 0 Å². The van der Waals surface area contributed by atoms with Crippen LogP contribution in [-0.4, -0.2) is 13.0 Å². The van der Waals surface area contributed by atoms with Crippen LogP contribution in [0.15, 0.2) is 62.6 Å². The lowest BCUT2D eigenvalue weighted by Crippen LogP contribution is -2.23. The van der Waals surface area contributed by atoms with Crippen LogP contribution >= 0.6 is 0 Å². The van der Waals surface area contributed by atoms with Crippen molar-refractivity contribution in [2.75, 3.05) is 0 Å². The van der Waals surface area contributed by atoms with Gasteiger partial charge in [0.1, 0.15) is 0 Å². The second kappa shape index (κ2) is 5.43. The molecule has 1 aromatic heterocycles. The van der Waals surface area contributed by atoms with Crippen molar-refractivity contribution in [3.63, 3.8) is 0 Å². The molecule has 6 nitrogen and oxygen atoms in total. The number of aromatic nitrogens is 1. The number of aryl methyl sites for hydroxylation is 1. The molecule has 0 spiro atoms. The highest BCUT2D eigenvalue weighted by molar-refractivity contribution is 7.89. The van der Waals surface area contributed by atoms with E-state index in [1.165, 1.54) is 16.7 Å². The molecule has 3 aromatic rings. The van der Waals surface area contributed by atoms with Crippen LogP contribution in [0.4, 0.5) is 0 Å². The summed E-state index contributed by atoms with van der Waals surface area (Å²) in [6.45, 7) is 0.131. The number of fused-ring (bicyclic) bond motifs is 1. The number of nitrogens with zero attached hydrogens (tertiary/aromatic N) is 1. The SMILES string of the molecule is Cn1c(=O)oc2ccc(CNS(=O)(=O)c3ccccc3)cc21. The molecule has 0 radical (unpaired) electrons. The Kier molecular flexibility index (Phi) is 3.59. The normalized spacial score (nSPS) is 11.9. The van der Waals surface area contributed by atoms with Crippen molar-refractivity contribution in [2.24, 2.45) is 7.05 Å². The van der Waals surface area contributed by atoms with Gasteiger partial charge in [0.2, 0.25) is 10.0 Å². The minimum absolute atomic E-state index is 0.131. The Morgan fingerprint density at radius 1 is 1.14 bits per heavy atom. The number of hydrogen-bond donors (Lipinski definition) is 1. The first-order valence-electron chi connectivity index (χ1n) is 6.60. The Hall–Kier alpha value is -2.38. The second-order valence-electron chi connectivity index (χ2n) is 4.87. The number of rotatable bonds is 4. The maximum atomic E-state index is 12.2. The van der Waals surface area contributed by atoms with Crippen molar-refractivity contribution >= 4 is 21.1 Å². The van der Waals surface area contributed by atoms with Gasteiger partial charge >= 0.3 is 5.76 Å². The first-order chi connectivity index (χ1) is 10.5. The van der Waals surface area contributed by atoms with Crippen molar-refractivity contribution in [1.29, 1.82) is 0 Å². The van der Waals surface area contributed by atoms with Crippen LogP contribution < -0.4 is 10.5 Å². The molecule has 2 aromatic carbocycles. The van der Waals surface area contributed by atoms with Gasteiger partial charge in [-0.1, -0.05) is 24.3 Å². The van der Waals surface area contributed by atoms with Crippen molar-refractivity contribution in [2.45, 2.75) is 11.4 Å². The molecular weight excluding hydrogens is 304 g/mol. The maximum absolute atomic E-state index is 12.2. The van der Waals surface area contributed by atoms with E-state index in [0.29, 0.717) is 11.1 Å². The zero-order valence-electron chi connectivity index (χ0n) is 11.8. The molecule has 3 rings (SSSR count). The highest BCUT2D eigenvalue weighted by atomic mass is 32.2. The maximum Gasteiger partial charge on any atom is 0.419 e. The molecule has 0 aliphatic rings. The van der Waals surface area contributed by atoms with Crippen LogP contribution in [0.5, 0.6) is 0 Å². The van der Waals surface area contributed by atoms with E-state index in [2.05, 4.69) is 4.72 Å². The average molecular weight is 318 g/mol.